The molecule has 0 aromatic heterocycles. The molecule has 15 heteroatoms. The van der Waals surface area contributed by atoms with E-state index in [1.54, 1.807) is 0 Å². The van der Waals surface area contributed by atoms with Crippen LogP contribution >= 0.6 is 0 Å². The molecule has 0 aliphatic heterocycles. The smallest absolute Gasteiger partial charge is 0.305 e. The number of carbonyl (C=O) groups excluding carboxylic acids is 6. The van der Waals surface area contributed by atoms with Gasteiger partial charge in [-0.25, -0.2) is 0 Å². The lowest BCUT2D eigenvalue weighted by Crippen LogP contribution is -2.53. The van der Waals surface area contributed by atoms with Gasteiger partial charge in [-0.1, -0.05) is 0 Å². The molecule has 15 nitrogen and oxygen atoms in total. The first-order chi connectivity index (χ1) is 16.8. The monoisotopic (exact) mass is 515 g/mol. The van der Waals surface area contributed by atoms with Crippen LogP contribution in [0.2, 0.25) is 0 Å². The lowest BCUT2D eigenvalue weighted by atomic mass is 10.1. The molecule has 5 amide bonds. The summed E-state index contributed by atoms with van der Waals surface area (Å²) in [5.41, 5.74) is 10.9. The molecule has 0 aromatic rings. The van der Waals surface area contributed by atoms with E-state index in [4.69, 9.17) is 16.6 Å². The zero-order chi connectivity index (χ0) is 27.8. The molecule has 0 heterocycles. The van der Waals surface area contributed by atoms with Crippen LogP contribution in [0.1, 0.15) is 32.6 Å². The summed E-state index contributed by atoms with van der Waals surface area (Å²) in [6.07, 6.45) is 1.45. The average molecular weight is 516 g/mol. The lowest BCUT2D eigenvalue weighted by molar-refractivity contribution is -0.142. The SMILES string of the molecule is C[C@H](N)C(=O)N(C)CC(=O)N(C)CC(=O)N[C@@H](CC(=O)O)C(=O)NCC(=O)N[C@H](C=O)CCCCN. The molecule has 0 unspecified atom stereocenters. The minimum Gasteiger partial charge on any atom is -0.481 e. The molecule has 204 valence electrons. The largest absolute Gasteiger partial charge is 0.481 e. The number of unbranched alkanes of at least 4 members (excludes halogenated alkanes) is 1. The van der Waals surface area contributed by atoms with E-state index in [1.807, 2.05) is 0 Å². The average Bonchev–Trinajstić information content (AvgIpc) is 2.80. The highest BCUT2D eigenvalue weighted by molar-refractivity contribution is 5.94. The Labute approximate surface area is 209 Å². The number of hydrogen-bond acceptors (Lipinski definition) is 9. The van der Waals surface area contributed by atoms with Crippen LogP contribution in [-0.2, 0) is 33.6 Å². The second-order valence-electron chi connectivity index (χ2n) is 8.26. The van der Waals surface area contributed by atoms with Crippen LogP contribution in [0, 0.1) is 0 Å². The molecular weight excluding hydrogens is 478 g/mol. The van der Waals surface area contributed by atoms with E-state index in [0.29, 0.717) is 32.1 Å². The first-order valence-corrected chi connectivity index (χ1v) is 11.3. The first-order valence-electron chi connectivity index (χ1n) is 11.3. The van der Waals surface area contributed by atoms with Crippen molar-refractivity contribution in [3.05, 3.63) is 0 Å². The van der Waals surface area contributed by atoms with Gasteiger partial charge in [-0.2, -0.15) is 0 Å². The molecule has 8 N–H and O–H groups in total. The van der Waals surface area contributed by atoms with Gasteiger partial charge in [0, 0.05) is 14.1 Å². The van der Waals surface area contributed by atoms with Crippen LogP contribution in [0.4, 0.5) is 0 Å². The Kier molecular flexibility index (Phi) is 15.2. The normalized spacial score (nSPS) is 12.9. The topological polar surface area (TPSA) is 234 Å². The molecule has 0 spiro atoms. The van der Waals surface area contributed by atoms with Gasteiger partial charge in [0.2, 0.25) is 29.5 Å². The standard InChI is InChI=1S/C21H37N7O8/c1-13(23)21(36)28(3)11-18(32)27(2)10-17(31)26-15(8-19(33)34)20(35)24-9-16(30)25-14(12-29)6-4-5-7-22/h12-15H,4-11,22-23H2,1-3H3,(H,24,35)(H,25,30)(H,26,31)(H,33,34)/t13-,14-,15-/m0/s1. The Bertz CT molecular complexity index is 805. The van der Waals surface area contributed by atoms with E-state index in [0.717, 1.165) is 9.80 Å². The number of aliphatic carboxylic acids is 1. The minimum absolute atomic E-state index is 0.341. The highest BCUT2D eigenvalue weighted by atomic mass is 16.4. The molecule has 0 saturated carbocycles. The number of carbonyl (C=O) groups is 7. The Hall–Kier alpha value is -3.59. The highest BCUT2D eigenvalue weighted by Crippen LogP contribution is 1.99. The highest BCUT2D eigenvalue weighted by Gasteiger charge is 2.26. The van der Waals surface area contributed by atoms with Crippen molar-refractivity contribution in [2.45, 2.75) is 50.7 Å². The fourth-order valence-corrected chi connectivity index (χ4v) is 2.91. The third kappa shape index (κ3) is 13.3. The van der Waals surface area contributed by atoms with Gasteiger partial charge in [-0.3, -0.25) is 28.8 Å². The van der Waals surface area contributed by atoms with Crippen molar-refractivity contribution in [3.8, 4) is 0 Å². The number of rotatable bonds is 17. The van der Waals surface area contributed by atoms with E-state index < -0.39 is 73.1 Å². The Morgan fingerprint density at radius 3 is 2.14 bits per heavy atom. The van der Waals surface area contributed by atoms with E-state index in [-0.39, 0.29) is 6.54 Å². The Morgan fingerprint density at radius 2 is 1.61 bits per heavy atom. The van der Waals surface area contributed by atoms with Crippen LogP contribution in [-0.4, -0.2) is 115 Å². The molecule has 0 saturated heterocycles. The summed E-state index contributed by atoms with van der Waals surface area (Å²) in [4.78, 5) is 85.1. The fraction of sp³-hybridized carbons (Fsp3) is 0.667. The number of likely N-dealkylation sites (N-methyl/N-ethyl adjacent to an activating group) is 2. The fourth-order valence-electron chi connectivity index (χ4n) is 2.91. The molecule has 0 fully saturated rings. The van der Waals surface area contributed by atoms with Gasteiger partial charge in [-0.15, -0.1) is 0 Å². The minimum atomic E-state index is -1.53. The Morgan fingerprint density at radius 1 is 0.972 bits per heavy atom. The van der Waals surface area contributed by atoms with Crippen LogP contribution in [0.5, 0.6) is 0 Å². The number of carboxylic acids is 1. The Balaban J connectivity index is 4.86. The molecule has 36 heavy (non-hydrogen) atoms. The predicted octanol–water partition coefficient (Wildman–Crippen LogP) is -3.86. The molecular formula is C21H37N7O8. The number of nitrogens with two attached hydrogens (primary N) is 2. The second-order valence-corrected chi connectivity index (χ2v) is 8.26. The number of hydrogen-bond donors (Lipinski definition) is 6. The van der Waals surface area contributed by atoms with Crippen LogP contribution in [0.3, 0.4) is 0 Å². The van der Waals surface area contributed by atoms with E-state index in [2.05, 4.69) is 16.0 Å². The first kappa shape index (κ1) is 32.4. The number of aldehydes is 1. The second kappa shape index (κ2) is 16.9. The number of carboxylic acid groups (broad SMARTS) is 1. The van der Waals surface area contributed by atoms with Gasteiger partial charge in [0.05, 0.1) is 38.1 Å². The van der Waals surface area contributed by atoms with Crippen molar-refractivity contribution in [1.82, 2.24) is 25.8 Å². The number of amides is 5. The predicted molar refractivity (Wildman–Crippen MR) is 127 cm³/mol. The number of nitrogens with zero attached hydrogens (tertiary/aromatic N) is 2. The van der Waals surface area contributed by atoms with Crippen molar-refractivity contribution < 1.29 is 38.7 Å². The van der Waals surface area contributed by atoms with Crippen LogP contribution < -0.4 is 27.4 Å². The van der Waals surface area contributed by atoms with E-state index in [1.165, 1.54) is 21.0 Å². The summed E-state index contributed by atoms with van der Waals surface area (Å²) in [5.74, 6) is -4.90. The molecule has 3 atom stereocenters. The van der Waals surface area contributed by atoms with E-state index >= 15 is 0 Å². The molecule has 0 radical (unpaired) electrons. The van der Waals surface area contributed by atoms with Crippen molar-refractivity contribution >= 4 is 41.8 Å². The van der Waals surface area contributed by atoms with Gasteiger partial charge in [-0.05, 0) is 32.7 Å². The van der Waals surface area contributed by atoms with Crippen LogP contribution in [0.15, 0.2) is 0 Å². The summed E-state index contributed by atoms with van der Waals surface area (Å²) < 4.78 is 0. The molecule has 0 rings (SSSR count). The zero-order valence-electron chi connectivity index (χ0n) is 20.8. The third-order valence-electron chi connectivity index (χ3n) is 4.88. The lowest BCUT2D eigenvalue weighted by Gasteiger charge is -2.24. The van der Waals surface area contributed by atoms with Crippen LogP contribution in [0.25, 0.3) is 0 Å². The van der Waals surface area contributed by atoms with Gasteiger partial charge in [0.1, 0.15) is 12.3 Å². The van der Waals surface area contributed by atoms with Crippen molar-refractivity contribution in [1.29, 1.82) is 0 Å². The summed E-state index contributed by atoms with van der Waals surface area (Å²) in [6, 6.07) is -3.10. The molecule has 0 bridgehead atoms. The van der Waals surface area contributed by atoms with Gasteiger partial charge in [0.25, 0.3) is 0 Å². The maximum absolute atomic E-state index is 12.4. The summed E-state index contributed by atoms with van der Waals surface area (Å²) in [6.45, 7) is 0.492. The maximum Gasteiger partial charge on any atom is 0.305 e. The molecule has 0 aromatic carbocycles. The quantitative estimate of drug-likeness (QED) is 0.0814. The van der Waals surface area contributed by atoms with Crippen molar-refractivity contribution in [3.63, 3.8) is 0 Å². The zero-order valence-corrected chi connectivity index (χ0v) is 20.8. The van der Waals surface area contributed by atoms with Gasteiger partial charge in [0.15, 0.2) is 0 Å². The number of nitrogens with one attached hydrogen (secondary N) is 3. The maximum atomic E-state index is 12.4. The van der Waals surface area contributed by atoms with E-state index in [9.17, 15) is 33.6 Å². The van der Waals surface area contributed by atoms with Crippen molar-refractivity contribution in [2.24, 2.45) is 11.5 Å². The molecule has 0 aliphatic rings. The summed E-state index contributed by atoms with van der Waals surface area (Å²) >= 11 is 0. The van der Waals surface area contributed by atoms with Gasteiger partial charge < -0.3 is 47.1 Å². The van der Waals surface area contributed by atoms with Crippen molar-refractivity contribution in [2.75, 3.05) is 40.3 Å². The summed E-state index contributed by atoms with van der Waals surface area (Å²) in [7, 11) is 2.66. The third-order valence-corrected chi connectivity index (χ3v) is 4.88. The summed E-state index contributed by atoms with van der Waals surface area (Å²) in [5, 5.41) is 15.9. The van der Waals surface area contributed by atoms with Gasteiger partial charge >= 0.3 is 5.97 Å². The molecule has 0 aliphatic carbocycles.